The monoisotopic (exact) mass is 530 g/mol. The minimum Gasteiger partial charge on any atom is -0.611 e. The van der Waals surface area contributed by atoms with E-state index in [1.165, 1.54) is 12.5 Å². The van der Waals surface area contributed by atoms with E-state index < -0.39 is 17.3 Å². The maximum absolute atomic E-state index is 12.7. The summed E-state index contributed by atoms with van der Waals surface area (Å²) in [5.41, 5.74) is 0.653. The van der Waals surface area contributed by atoms with Crippen molar-refractivity contribution in [2.24, 2.45) is 0 Å². The van der Waals surface area contributed by atoms with Gasteiger partial charge in [-0.05, 0) is 74.5 Å². The number of carbonyl (C=O) groups excluding carboxylic acids is 1. The lowest BCUT2D eigenvalue weighted by Crippen LogP contribution is -2.45. The van der Waals surface area contributed by atoms with E-state index in [0.29, 0.717) is 28.5 Å². The zero-order valence-corrected chi connectivity index (χ0v) is 22.3. The van der Waals surface area contributed by atoms with Crippen LogP contribution in [0.15, 0.2) is 41.4 Å². The number of nitrogens with one attached hydrogen (secondary N) is 1. The Labute approximate surface area is 222 Å². The minimum absolute atomic E-state index is 0.0156. The van der Waals surface area contributed by atoms with Crippen molar-refractivity contribution in [1.29, 1.82) is 0 Å². The number of nitrogens with zero attached hydrogens (tertiary/aromatic N) is 3. The number of aromatic nitrogens is 1. The van der Waals surface area contributed by atoms with Gasteiger partial charge >= 0.3 is 0 Å². The largest absolute Gasteiger partial charge is 0.611 e. The Hall–Kier alpha value is -2.53. The first kappa shape index (κ1) is 27.5. The molecule has 1 aromatic heterocycles. The molecule has 2 saturated heterocycles. The molecule has 2 fully saturated rings. The summed E-state index contributed by atoms with van der Waals surface area (Å²) in [7, 11) is 0. The van der Waals surface area contributed by atoms with Gasteiger partial charge in [0.25, 0.3) is 5.91 Å². The van der Waals surface area contributed by atoms with Gasteiger partial charge in [-0.2, -0.15) is 0 Å². The zero-order valence-electron chi connectivity index (χ0n) is 21.5. The Morgan fingerprint density at radius 3 is 2.62 bits per heavy atom. The fourth-order valence-corrected chi connectivity index (χ4v) is 5.63. The second-order valence-electron chi connectivity index (χ2n) is 9.66. The van der Waals surface area contributed by atoms with Crippen LogP contribution >= 0.6 is 0 Å². The Balaban J connectivity index is 1.17. The highest BCUT2D eigenvalue weighted by atomic mass is 32.2. The van der Waals surface area contributed by atoms with E-state index in [9.17, 15) is 19.6 Å². The standard InChI is InChI=1S/C27H38N4O5S/c1-2-37(35)25-16-23(7-8-24(25)33)36-19-22(32)18-28-21-10-14-30(15-11-21)26-9-6-20(17-29-26)27(34)31-12-4-3-5-13-31/h6-9,16-17,21-22,28,32-33H,2-5,10-15,18-19H2,1H3. The molecule has 2 aromatic rings. The molecule has 2 aliphatic heterocycles. The third-order valence-corrected chi connectivity index (χ3v) is 8.32. The van der Waals surface area contributed by atoms with Crippen LogP contribution in [0.2, 0.25) is 0 Å². The van der Waals surface area contributed by atoms with Gasteiger partial charge in [0.15, 0.2) is 10.6 Å². The Kier molecular flexibility index (Phi) is 9.90. The lowest BCUT2D eigenvalue weighted by Gasteiger charge is -2.33. The van der Waals surface area contributed by atoms with Gasteiger partial charge in [-0.25, -0.2) is 4.98 Å². The summed E-state index contributed by atoms with van der Waals surface area (Å²) < 4.78 is 17.7. The number of anilines is 1. The molecule has 1 amide bonds. The number of hydrogen-bond acceptors (Lipinski definition) is 8. The topological polar surface area (TPSA) is 121 Å². The number of rotatable bonds is 10. The average molecular weight is 531 g/mol. The zero-order chi connectivity index (χ0) is 26.2. The van der Waals surface area contributed by atoms with Gasteiger partial charge in [0, 0.05) is 51.0 Å². The van der Waals surface area contributed by atoms with Crippen LogP contribution in [0.3, 0.4) is 0 Å². The number of piperidine rings is 2. The van der Waals surface area contributed by atoms with E-state index in [2.05, 4.69) is 15.2 Å². The Bertz CT molecular complexity index is 1010. The number of phenols is 1. The van der Waals surface area contributed by atoms with Gasteiger partial charge in [-0.15, -0.1) is 0 Å². The van der Waals surface area contributed by atoms with Gasteiger partial charge in [-0.1, -0.05) is 0 Å². The van der Waals surface area contributed by atoms with Crippen LogP contribution < -0.4 is 15.0 Å². The summed E-state index contributed by atoms with van der Waals surface area (Å²) in [5.74, 6) is 1.82. The molecule has 0 aliphatic carbocycles. The SMILES string of the molecule is CC[S+]([O-])c1cc(OCC(O)CNC2CCN(c3ccc(C(=O)N4CCCCC4)cn3)CC2)ccc1O. The highest BCUT2D eigenvalue weighted by molar-refractivity contribution is 7.91. The van der Waals surface area contributed by atoms with E-state index in [4.69, 9.17) is 4.74 Å². The van der Waals surface area contributed by atoms with E-state index >= 15 is 0 Å². The van der Waals surface area contributed by atoms with Crippen LogP contribution in [0.5, 0.6) is 11.5 Å². The highest BCUT2D eigenvalue weighted by Gasteiger charge is 2.23. The number of hydrogen-bond donors (Lipinski definition) is 3. The molecular formula is C27H38N4O5S. The van der Waals surface area contributed by atoms with Crippen molar-refractivity contribution in [3.05, 3.63) is 42.1 Å². The maximum atomic E-state index is 12.7. The van der Waals surface area contributed by atoms with Crippen molar-refractivity contribution in [3.63, 3.8) is 0 Å². The van der Waals surface area contributed by atoms with Gasteiger partial charge in [0.2, 0.25) is 0 Å². The number of ether oxygens (including phenoxy) is 1. The molecule has 2 atom stereocenters. The molecule has 2 aliphatic rings. The van der Waals surface area contributed by atoms with Gasteiger partial charge in [0.1, 0.15) is 30.0 Å². The quantitative estimate of drug-likeness (QED) is 0.401. The van der Waals surface area contributed by atoms with Crippen molar-refractivity contribution < 1.29 is 24.3 Å². The predicted octanol–water partition coefficient (Wildman–Crippen LogP) is 2.54. The van der Waals surface area contributed by atoms with Crippen LogP contribution in [0.4, 0.5) is 5.82 Å². The summed E-state index contributed by atoms with van der Waals surface area (Å²) in [6.45, 7) is 5.66. The fraction of sp³-hybridized carbons (Fsp3) is 0.556. The molecule has 0 radical (unpaired) electrons. The lowest BCUT2D eigenvalue weighted by molar-refractivity contribution is 0.0724. The summed E-state index contributed by atoms with van der Waals surface area (Å²) in [4.78, 5) is 21.7. The third kappa shape index (κ3) is 7.50. The second-order valence-corrected chi connectivity index (χ2v) is 11.4. The number of aliphatic hydroxyl groups is 1. The molecule has 3 heterocycles. The Morgan fingerprint density at radius 2 is 1.95 bits per heavy atom. The van der Waals surface area contributed by atoms with Gasteiger partial charge in [-0.3, -0.25) is 4.79 Å². The fourth-order valence-electron chi connectivity index (χ4n) is 4.77. The second kappa shape index (κ2) is 13.3. The molecule has 1 aromatic carbocycles. The summed E-state index contributed by atoms with van der Waals surface area (Å²) in [6, 6.07) is 8.75. The lowest BCUT2D eigenvalue weighted by atomic mass is 10.0. The van der Waals surface area contributed by atoms with E-state index in [1.807, 2.05) is 17.0 Å². The molecule has 0 saturated carbocycles. The number of benzene rings is 1. The number of amides is 1. The van der Waals surface area contributed by atoms with E-state index in [-0.39, 0.29) is 24.3 Å². The minimum atomic E-state index is -1.29. The van der Waals surface area contributed by atoms with Crippen molar-refractivity contribution in [3.8, 4) is 11.5 Å². The van der Waals surface area contributed by atoms with E-state index in [0.717, 1.165) is 57.7 Å². The van der Waals surface area contributed by atoms with Crippen LogP contribution in [0, 0.1) is 0 Å². The first-order chi connectivity index (χ1) is 17.9. The number of aliphatic hydroxyl groups excluding tert-OH is 1. The Morgan fingerprint density at radius 1 is 1.19 bits per heavy atom. The molecule has 0 spiro atoms. The van der Waals surface area contributed by atoms with Gasteiger partial charge in [0.05, 0.1) is 5.56 Å². The number of aromatic hydroxyl groups is 1. The normalized spacial score (nSPS) is 18.5. The van der Waals surface area contributed by atoms with Crippen LogP contribution in [0.1, 0.15) is 49.4 Å². The number of carbonyl (C=O) groups is 1. The molecule has 4 rings (SSSR count). The first-order valence-corrected chi connectivity index (χ1v) is 14.5. The smallest absolute Gasteiger partial charge is 0.255 e. The molecule has 3 N–H and O–H groups in total. The first-order valence-electron chi connectivity index (χ1n) is 13.2. The number of phenolic OH excluding ortho intramolecular Hbond substituents is 1. The highest BCUT2D eigenvalue weighted by Crippen LogP contribution is 2.28. The molecular weight excluding hydrogens is 492 g/mol. The molecule has 9 nitrogen and oxygen atoms in total. The predicted molar refractivity (Wildman–Crippen MR) is 144 cm³/mol. The molecule has 2 unspecified atom stereocenters. The van der Waals surface area contributed by atoms with Crippen molar-refractivity contribution in [2.75, 3.05) is 50.0 Å². The van der Waals surface area contributed by atoms with Crippen molar-refractivity contribution >= 4 is 22.9 Å². The molecule has 0 bridgehead atoms. The molecule has 10 heteroatoms. The number of pyridine rings is 1. The number of likely N-dealkylation sites (tertiary alicyclic amines) is 1. The summed E-state index contributed by atoms with van der Waals surface area (Å²) in [5, 5.41) is 23.7. The third-order valence-electron chi connectivity index (χ3n) is 6.98. The average Bonchev–Trinajstić information content (AvgIpc) is 2.95. The van der Waals surface area contributed by atoms with Crippen molar-refractivity contribution in [1.82, 2.24) is 15.2 Å². The maximum Gasteiger partial charge on any atom is 0.255 e. The van der Waals surface area contributed by atoms with Crippen molar-refractivity contribution in [2.45, 2.75) is 56.1 Å². The summed E-state index contributed by atoms with van der Waals surface area (Å²) in [6.07, 6.45) is 6.20. The molecule has 37 heavy (non-hydrogen) atoms. The van der Waals surface area contributed by atoms with Gasteiger partial charge < -0.3 is 34.6 Å². The van der Waals surface area contributed by atoms with Crippen LogP contribution in [-0.4, -0.2) is 87.8 Å². The van der Waals surface area contributed by atoms with Crippen LogP contribution in [0.25, 0.3) is 0 Å². The summed E-state index contributed by atoms with van der Waals surface area (Å²) >= 11 is -1.29. The molecule has 202 valence electrons. The van der Waals surface area contributed by atoms with E-state index in [1.54, 1.807) is 25.3 Å². The van der Waals surface area contributed by atoms with Crippen LogP contribution in [-0.2, 0) is 11.2 Å².